The molecule has 0 spiro atoms. The molecular weight excluding hydrogens is 918 g/mol. The number of nitrogens with zero attached hydrogens (tertiary/aromatic N) is 1. The highest BCUT2D eigenvalue weighted by molar-refractivity contribution is 7.19. The van der Waals surface area contributed by atoms with Crippen molar-refractivity contribution in [3.63, 3.8) is 0 Å². The van der Waals surface area contributed by atoms with Crippen LogP contribution in [0.15, 0.2) is 0 Å². The number of hydroxylamine groups is 1. The van der Waals surface area contributed by atoms with E-state index in [1.807, 2.05) is 0 Å². The summed E-state index contributed by atoms with van der Waals surface area (Å²) in [4.78, 5) is 0. The Morgan fingerprint density at radius 2 is 0.732 bits per heavy atom. The number of nitriles is 1. The lowest BCUT2D eigenvalue weighted by molar-refractivity contribution is -0.440. The Hall–Kier alpha value is -2.29. The van der Waals surface area contributed by atoms with Crippen molar-refractivity contribution in [2.24, 2.45) is 0 Å². The van der Waals surface area contributed by atoms with E-state index in [0.29, 0.717) is 0 Å². The zero-order valence-corrected chi connectivity index (χ0v) is 30.7. The van der Waals surface area contributed by atoms with Crippen molar-refractivity contribution in [2.45, 2.75) is 130 Å². The first-order valence-electron chi connectivity index (χ1n) is 13.7. The molecule has 0 saturated heterocycles. The van der Waals surface area contributed by atoms with Crippen LogP contribution < -0.4 is 5.48 Å². The number of hydrogen-bond acceptors (Lipinski definition) is 3. The van der Waals surface area contributed by atoms with Gasteiger partial charge < -0.3 is 4.53 Å². The molecule has 0 aromatic heterocycles. The Kier molecular flexibility index (Phi) is 18.2. The van der Waals surface area contributed by atoms with Gasteiger partial charge in [0.1, 0.15) is 0 Å². The third-order valence-corrected chi connectivity index (χ3v) is 10.6. The fourth-order valence-corrected chi connectivity index (χ4v) is 5.59. The Morgan fingerprint density at radius 1 is 0.500 bits per heavy atom. The standard InChI is InChI=1S/C12H12F13NOSi.C10H10ClF13Si.C2H3N/c1-4-26-27-28(2,3)6-5-7(13,14)8(15,16)9(17,18)10(19,20)11(21,22)12(23,24)25;1-25(2,11)4-3-5(12,13)6(14,15)7(16,17)8(18,19)9(20,21)10(22,23)24;1-2-3/h1,26H,5-6H2,2-3H3;3-4H2,1-2H3;1H3. The minimum absolute atomic E-state index is 1.03. The van der Waals surface area contributed by atoms with Gasteiger partial charge in [0.15, 0.2) is 7.38 Å². The lowest BCUT2D eigenvalue weighted by atomic mass is 9.93. The fourth-order valence-electron chi connectivity index (χ4n) is 3.05. The van der Waals surface area contributed by atoms with Crippen molar-refractivity contribution in [3.05, 3.63) is 0 Å². The molecule has 1 N–H and O–H groups in total. The molecule has 0 rings (SSSR count). The molecule has 0 fully saturated rings. The topological polar surface area (TPSA) is 45.0 Å². The van der Waals surface area contributed by atoms with Gasteiger partial charge in [0.25, 0.3) is 0 Å². The number of halogens is 27. The van der Waals surface area contributed by atoms with Gasteiger partial charge in [0, 0.05) is 25.8 Å². The van der Waals surface area contributed by atoms with Gasteiger partial charge >= 0.3 is 71.6 Å². The van der Waals surface area contributed by atoms with Crippen molar-refractivity contribution < 1.29 is 119 Å². The van der Waals surface area contributed by atoms with Gasteiger partial charge in [0.2, 0.25) is 8.32 Å². The number of terminal acetylenes is 1. The summed E-state index contributed by atoms with van der Waals surface area (Å²) in [5, 5.41) is 7.32. The van der Waals surface area contributed by atoms with E-state index in [1.54, 1.807) is 17.6 Å². The van der Waals surface area contributed by atoms with Gasteiger partial charge in [-0.15, -0.1) is 0 Å². The zero-order valence-electron chi connectivity index (χ0n) is 28.0. The number of nitrogens with one attached hydrogen (secondary N) is 1. The summed E-state index contributed by atoms with van der Waals surface area (Å²) in [5.41, 5.74) is 1.72. The molecule has 0 bridgehead atoms. The Bertz CT molecular complexity index is 1360. The van der Waals surface area contributed by atoms with Gasteiger partial charge in [-0.25, -0.2) is 5.48 Å². The molecule has 56 heavy (non-hydrogen) atoms. The molecule has 3 nitrogen and oxygen atoms in total. The average molecular weight is 943 g/mol. The van der Waals surface area contributed by atoms with Gasteiger partial charge in [-0.3, -0.25) is 0 Å². The Morgan fingerprint density at radius 3 is 0.946 bits per heavy atom. The molecule has 0 aromatic carbocycles. The molecule has 0 aliphatic carbocycles. The number of hydrogen-bond donors (Lipinski definition) is 1. The van der Waals surface area contributed by atoms with Gasteiger partial charge in [0.05, 0.1) is 6.07 Å². The summed E-state index contributed by atoms with van der Waals surface area (Å²) in [6.07, 6.45) is -14.6. The van der Waals surface area contributed by atoms with Crippen LogP contribution in [-0.4, -0.2) is 87.3 Å². The molecule has 0 aromatic rings. The van der Waals surface area contributed by atoms with Gasteiger partial charge in [-0.05, 0) is 25.2 Å². The molecular formula is C24H25ClF26N2OSi2. The monoisotopic (exact) mass is 942 g/mol. The Labute approximate surface area is 304 Å². The molecule has 0 heterocycles. The molecule has 0 amide bonds. The van der Waals surface area contributed by atoms with E-state index in [9.17, 15) is 114 Å². The fraction of sp³-hybridized carbons (Fsp3) is 0.875. The molecule has 0 atom stereocenters. The molecule has 334 valence electrons. The van der Waals surface area contributed by atoms with Crippen molar-refractivity contribution in [1.82, 2.24) is 5.48 Å². The molecule has 0 aliphatic rings. The van der Waals surface area contributed by atoms with E-state index in [2.05, 4.69) is 4.53 Å². The van der Waals surface area contributed by atoms with Crippen molar-refractivity contribution in [1.29, 1.82) is 5.26 Å². The van der Waals surface area contributed by atoms with Crippen LogP contribution in [0, 0.1) is 23.8 Å². The number of rotatable bonds is 16. The summed E-state index contributed by atoms with van der Waals surface area (Å²) >= 11 is 5.48. The predicted octanol–water partition coefficient (Wildman–Crippen LogP) is 12.5. The summed E-state index contributed by atoms with van der Waals surface area (Å²) in [5.74, 6) is -73.3. The van der Waals surface area contributed by atoms with E-state index in [1.165, 1.54) is 6.92 Å². The van der Waals surface area contributed by atoms with Crippen LogP contribution in [0.3, 0.4) is 0 Å². The predicted molar refractivity (Wildman–Crippen MR) is 146 cm³/mol. The van der Waals surface area contributed by atoms with E-state index in [0.717, 1.165) is 26.2 Å². The largest absolute Gasteiger partial charge is 0.460 e. The summed E-state index contributed by atoms with van der Waals surface area (Å²) < 4.78 is 338. The maximum absolute atomic E-state index is 13.6. The summed E-state index contributed by atoms with van der Waals surface area (Å²) in [6.45, 7) is 5.72. The van der Waals surface area contributed by atoms with Crippen molar-refractivity contribution >= 4 is 26.8 Å². The maximum Gasteiger partial charge on any atom is 0.460 e. The minimum atomic E-state index is -7.89. The second-order valence-electron chi connectivity index (χ2n) is 12.1. The third kappa shape index (κ3) is 11.7. The van der Waals surface area contributed by atoms with Crippen molar-refractivity contribution in [2.75, 3.05) is 0 Å². The van der Waals surface area contributed by atoms with E-state index >= 15 is 0 Å². The first-order chi connectivity index (χ1) is 23.9. The molecule has 32 heteroatoms. The quantitative estimate of drug-likeness (QED) is 0.0419. The van der Waals surface area contributed by atoms with Crippen LogP contribution in [0.1, 0.15) is 19.8 Å². The molecule has 0 unspecified atom stereocenters. The van der Waals surface area contributed by atoms with Gasteiger partial charge in [-0.1, -0.05) is 19.5 Å². The molecule has 0 radical (unpaired) electrons. The third-order valence-electron chi connectivity index (χ3n) is 6.46. The van der Waals surface area contributed by atoms with Crippen LogP contribution in [-0.2, 0) is 4.53 Å². The maximum atomic E-state index is 13.6. The summed E-state index contributed by atoms with van der Waals surface area (Å²) in [7, 11) is -6.53. The van der Waals surface area contributed by atoms with Crippen LogP contribution in [0.5, 0.6) is 0 Å². The van der Waals surface area contributed by atoms with E-state index < -0.39 is 112 Å². The highest BCUT2D eigenvalue weighted by atomic mass is 35.6. The van der Waals surface area contributed by atoms with Crippen molar-refractivity contribution in [3.8, 4) is 18.5 Å². The Balaban J connectivity index is -0.000000941. The highest BCUT2D eigenvalue weighted by Gasteiger charge is 2.92. The van der Waals surface area contributed by atoms with E-state index in [4.69, 9.17) is 22.8 Å². The molecule has 0 saturated carbocycles. The van der Waals surface area contributed by atoms with Gasteiger partial charge in [-0.2, -0.15) is 130 Å². The lowest BCUT2D eigenvalue weighted by Gasteiger charge is -2.40. The van der Waals surface area contributed by atoms with E-state index in [-0.39, 0.29) is 0 Å². The second kappa shape index (κ2) is 17.5. The normalized spacial score (nSPS) is 15.1. The average Bonchev–Trinajstić information content (AvgIpc) is 2.96. The molecule has 0 aliphatic heterocycles. The lowest BCUT2D eigenvalue weighted by Crippen LogP contribution is -2.70. The smallest absolute Gasteiger partial charge is 0.315 e. The van der Waals surface area contributed by atoms with Crippen LogP contribution >= 0.6 is 11.1 Å². The summed E-state index contributed by atoms with van der Waals surface area (Å²) in [6, 6.07) is 1.22. The van der Waals surface area contributed by atoms with Crippen LogP contribution in [0.2, 0.25) is 38.3 Å². The van der Waals surface area contributed by atoms with Crippen LogP contribution in [0.4, 0.5) is 114 Å². The minimum Gasteiger partial charge on any atom is -0.315 e. The van der Waals surface area contributed by atoms with Crippen LogP contribution in [0.25, 0.3) is 0 Å². The second-order valence-corrected chi connectivity index (χ2v) is 23.3. The zero-order chi connectivity index (χ0) is 46.7. The SMILES string of the molecule is C#CNO[Si](C)(C)CCC(F)(F)C(F)(F)C(F)(F)C(F)(F)C(F)(F)C(F)(F)F.CC#N.C[Si](C)(Cl)CCC(F)(F)C(F)(F)C(F)(F)C(F)(F)C(F)(F)C(F)(F)F. The first kappa shape index (κ1) is 58.0. The number of alkyl halides is 26. The first-order valence-corrected chi connectivity index (χ1v) is 21.0. The highest BCUT2D eigenvalue weighted by Crippen LogP contribution is 2.62.